The van der Waals surface area contributed by atoms with E-state index >= 15 is 0 Å². The van der Waals surface area contributed by atoms with Crippen LogP contribution in [-0.2, 0) is 4.74 Å². The maximum absolute atomic E-state index is 5.71. The molecule has 0 aliphatic carbocycles. The minimum absolute atomic E-state index is 0.736. The fourth-order valence-electron chi connectivity index (χ4n) is 1.20. The number of nitrogen functional groups attached to an aromatic ring is 1. The highest BCUT2D eigenvalue weighted by Crippen LogP contribution is 2.15. The second-order valence-corrected chi connectivity index (χ2v) is 3.20. The summed E-state index contributed by atoms with van der Waals surface area (Å²) in [4.78, 5) is 0. The molecule has 0 atom stereocenters. The van der Waals surface area contributed by atoms with E-state index in [0.29, 0.717) is 0 Å². The molecule has 1 aromatic rings. The molecule has 3 N–H and O–H groups in total. The number of anilines is 2. The van der Waals surface area contributed by atoms with E-state index in [1.54, 1.807) is 0 Å². The molecule has 0 bridgehead atoms. The summed E-state index contributed by atoms with van der Waals surface area (Å²) in [5.74, 6) is 0. The third kappa shape index (κ3) is 3.26. The average Bonchev–Trinajstić information content (AvgIpc) is 2.18. The van der Waals surface area contributed by atoms with Crippen molar-refractivity contribution in [2.24, 2.45) is 0 Å². The zero-order valence-corrected chi connectivity index (χ0v) is 8.84. The smallest absolute Gasteiger partial charge is 0.0638 e. The number of aryl methyl sites for hydroxylation is 1. The Morgan fingerprint density at radius 2 is 2.21 bits per heavy atom. The van der Waals surface area contributed by atoms with Gasteiger partial charge in [-0.15, -0.1) is 0 Å². The van der Waals surface area contributed by atoms with Crippen LogP contribution < -0.4 is 11.1 Å². The van der Waals surface area contributed by atoms with Crippen LogP contribution in [0.2, 0.25) is 0 Å². The summed E-state index contributed by atoms with van der Waals surface area (Å²) >= 11 is 0. The maximum atomic E-state index is 5.71. The number of rotatable bonds is 5. The summed E-state index contributed by atoms with van der Waals surface area (Å²) in [5.41, 5.74) is 8.74. The van der Waals surface area contributed by atoms with E-state index in [9.17, 15) is 0 Å². The highest BCUT2D eigenvalue weighted by atomic mass is 16.5. The molecule has 0 fully saturated rings. The Bertz CT molecular complexity index is 287. The molecule has 0 unspecified atom stereocenters. The van der Waals surface area contributed by atoms with E-state index in [2.05, 4.69) is 5.32 Å². The molecule has 0 spiro atoms. The molecule has 0 saturated heterocycles. The number of ether oxygens (including phenoxy) is 1. The Hall–Kier alpha value is -1.22. The van der Waals surface area contributed by atoms with Crippen LogP contribution in [-0.4, -0.2) is 19.8 Å². The fraction of sp³-hybridized carbons (Fsp3) is 0.455. The third-order valence-electron chi connectivity index (χ3n) is 2.05. The van der Waals surface area contributed by atoms with E-state index in [0.717, 1.165) is 36.7 Å². The predicted octanol–water partition coefficient (Wildman–Crippen LogP) is 2.03. The molecule has 0 aromatic heterocycles. The van der Waals surface area contributed by atoms with Crippen molar-refractivity contribution in [3.63, 3.8) is 0 Å². The Morgan fingerprint density at radius 1 is 1.43 bits per heavy atom. The molecule has 1 rings (SSSR count). The van der Waals surface area contributed by atoms with E-state index in [4.69, 9.17) is 10.5 Å². The lowest BCUT2D eigenvalue weighted by molar-refractivity contribution is 0.158. The van der Waals surface area contributed by atoms with Crippen molar-refractivity contribution in [3.05, 3.63) is 23.8 Å². The zero-order valence-electron chi connectivity index (χ0n) is 8.84. The van der Waals surface area contributed by atoms with Gasteiger partial charge in [0.2, 0.25) is 0 Å². The van der Waals surface area contributed by atoms with Gasteiger partial charge < -0.3 is 15.8 Å². The van der Waals surface area contributed by atoms with Gasteiger partial charge >= 0.3 is 0 Å². The van der Waals surface area contributed by atoms with Gasteiger partial charge in [0.15, 0.2) is 0 Å². The standard InChI is InChI=1S/C11H18N2O/c1-3-14-7-6-13-10-4-5-11(12)9(2)8-10/h4-5,8,13H,3,6-7,12H2,1-2H3. The first-order valence-electron chi connectivity index (χ1n) is 4.91. The lowest BCUT2D eigenvalue weighted by Crippen LogP contribution is -2.09. The molecule has 1 aromatic carbocycles. The first-order chi connectivity index (χ1) is 6.74. The van der Waals surface area contributed by atoms with E-state index < -0.39 is 0 Å². The Kier molecular flexibility index (Phi) is 4.26. The van der Waals surface area contributed by atoms with Crippen molar-refractivity contribution in [1.29, 1.82) is 0 Å². The van der Waals surface area contributed by atoms with E-state index in [-0.39, 0.29) is 0 Å². The lowest BCUT2D eigenvalue weighted by Gasteiger charge is -2.08. The summed E-state index contributed by atoms with van der Waals surface area (Å²) in [6.45, 7) is 6.33. The summed E-state index contributed by atoms with van der Waals surface area (Å²) < 4.78 is 5.22. The molecular weight excluding hydrogens is 176 g/mol. The Labute approximate surface area is 85.3 Å². The molecule has 0 amide bonds. The number of benzene rings is 1. The molecule has 3 heteroatoms. The van der Waals surface area contributed by atoms with Gasteiger partial charge in [-0.1, -0.05) is 0 Å². The monoisotopic (exact) mass is 194 g/mol. The molecule has 78 valence electrons. The Balaban J connectivity index is 2.39. The van der Waals surface area contributed by atoms with Gasteiger partial charge in [0.05, 0.1) is 6.61 Å². The quantitative estimate of drug-likeness (QED) is 0.557. The van der Waals surface area contributed by atoms with Crippen molar-refractivity contribution in [1.82, 2.24) is 0 Å². The predicted molar refractivity (Wildman–Crippen MR) is 60.6 cm³/mol. The minimum Gasteiger partial charge on any atom is -0.399 e. The summed E-state index contributed by atoms with van der Waals surface area (Å²) in [6.07, 6.45) is 0. The van der Waals surface area contributed by atoms with Crippen LogP contribution in [0.15, 0.2) is 18.2 Å². The van der Waals surface area contributed by atoms with Crippen LogP contribution in [0.3, 0.4) is 0 Å². The van der Waals surface area contributed by atoms with Gasteiger partial charge in [0.1, 0.15) is 0 Å². The highest BCUT2D eigenvalue weighted by Gasteiger charge is 1.95. The molecule has 0 radical (unpaired) electrons. The second-order valence-electron chi connectivity index (χ2n) is 3.20. The van der Waals surface area contributed by atoms with Crippen LogP contribution >= 0.6 is 0 Å². The molecule has 0 heterocycles. The first kappa shape index (κ1) is 10.9. The van der Waals surface area contributed by atoms with Gasteiger partial charge in [-0.3, -0.25) is 0 Å². The van der Waals surface area contributed by atoms with Crippen molar-refractivity contribution in [2.45, 2.75) is 13.8 Å². The third-order valence-corrected chi connectivity index (χ3v) is 2.05. The van der Waals surface area contributed by atoms with Crippen molar-refractivity contribution >= 4 is 11.4 Å². The van der Waals surface area contributed by atoms with Crippen LogP contribution in [0.4, 0.5) is 11.4 Å². The summed E-state index contributed by atoms with van der Waals surface area (Å²) in [7, 11) is 0. The second kappa shape index (κ2) is 5.50. The van der Waals surface area contributed by atoms with Gasteiger partial charge in [-0.05, 0) is 37.6 Å². The molecule has 3 nitrogen and oxygen atoms in total. The van der Waals surface area contributed by atoms with Gasteiger partial charge in [0, 0.05) is 24.5 Å². The lowest BCUT2D eigenvalue weighted by atomic mass is 10.2. The largest absolute Gasteiger partial charge is 0.399 e. The van der Waals surface area contributed by atoms with E-state index in [1.165, 1.54) is 0 Å². The zero-order chi connectivity index (χ0) is 10.4. The summed E-state index contributed by atoms with van der Waals surface area (Å²) in [5, 5.41) is 3.27. The average molecular weight is 194 g/mol. The normalized spacial score (nSPS) is 10.1. The van der Waals surface area contributed by atoms with E-state index in [1.807, 2.05) is 32.0 Å². The van der Waals surface area contributed by atoms with Crippen molar-refractivity contribution in [3.8, 4) is 0 Å². The molecular formula is C11H18N2O. The minimum atomic E-state index is 0.736. The summed E-state index contributed by atoms with van der Waals surface area (Å²) in [6, 6.07) is 5.94. The maximum Gasteiger partial charge on any atom is 0.0638 e. The molecule has 0 aliphatic heterocycles. The number of nitrogens with two attached hydrogens (primary N) is 1. The molecule has 0 saturated carbocycles. The molecule has 14 heavy (non-hydrogen) atoms. The fourth-order valence-corrected chi connectivity index (χ4v) is 1.20. The first-order valence-corrected chi connectivity index (χ1v) is 4.91. The van der Waals surface area contributed by atoms with Crippen molar-refractivity contribution in [2.75, 3.05) is 30.8 Å². The Morgan fingerprint density at radius 3 is 2.86 bits per heavy atom. The van der Waals surface area contributed by atoms with Crippen LogP contribution in [0, 0.1) is 6.92 Å². The number of hydrogen-bond acceptors (Lipinski definition) is 3. The van der Waals surface area contributed by atoms with Gasteiger partial charge in [-0.25, -0.2) is 0 Å². The SMILES string of the molecule is CCOCCNc1ccc(N)c(C)c1. The topological polar surface area (TPSA) is 47.3 Å². The van der Waals surface area contributed by atoms with Crippen LogP contribution in [0.1, 0.15) is 12.5 Å². The highest BCUT2D eigenvalue weighted by molar-refractivity contribution is 5.56. The van der Waals surface area contributed by atoms with Crippen molar-refractivity contribution < 1.29 is 4.74 Å². The number of hydrogen-bond donors (Lipinski definition) is 2. The van der Waals surface area contributed by atoms with Crippen LogP contribution in [0.25, 0.3) is 0 Å². The van der Waals surface area contributed by atoms with Crippen LogP contribution in [0.5, 0.6) is 0 Å². The van der Waals surface area contributed by atoms with Gasteiger partial charge in [-0.2, -0.15) is 0 Å². The van der Waals surface area contributed by atoms with Gasteiger partial charge in [0.25, 0.3) is 0 Å². The number of nitrogens with one attached hydrogen (secondary N) is 1. The molecule has 0 aliphatic rings.